The van der Waals surface area contributed by atoms with Crippen LogP contribution in [0.5, 0.6) is 0 Å². The van der Waals surface area contributed by atoms with Crippen LogP contribution in [0, 0.1) is 0 Å². The molecule has 0 aliphatic rings. The third-order valence-corrected chi connectivity index (χ3v) is 3.80. The van der Waals surface area contributed by atoms with Crippen LogP contribution in [0.3, 0.4) is 0 Å². The van der Waals surface area contributed by atoms with E-state index in [9.17, 15) is 9.59 Å². The molecular weight excluding hydrogens is 346 g/mol. The molecule has 2 aromatic carbocycles. The number of anilines is 1. The number of benzene rings is 2. The van der Waals surface area contributed by atoms with Gasteiger partial charge in [-0.3, -0.25) is 4.79 Å². The fraction of sp³-hybridized carbons (Fsp3) is 0.200. The lowest BCUT2D eigenvalue weighted by Gasteiger charge is -2.08. The van der Waals surface area contributed by atoms with Crippen molar-refractivity contribution in [3.05, 3.63) is 77.5 Å². The lowest BCUT2D eigenvalue weighted by molar-refractivity contribution is 0.0527. The third kappa shape index (κ3) is 4.78. The summed E-state index contributed by atoms with van der Waals surface area (Å²) in [4.78, 5) is 24.4. The van der Waals surface area contributed by atoms with E-state index in [-0.39, 0.29) is 18.1 Å². The number of hydrogen-bond donors (Lipinski definition) is 1. The number of carbonyl (C=O) groups excluding carboxylic acids is 2. The molecular formula is C20H19N3O4. The Morgan fingerprint density at radius 1 is 1.00 bits per heavy atom. The topological polar surface area (TPSA) is 94.3 Å². The second-order valence-corrected chi connectivity index (χ2v) is 5.71. The van der Waals surface area contributed by atoms with Gasteiger partial charge in [0, 0.05) is 6.42 Å². The largest absolute Gasteiger partial charge is 0.462 e. The lowest BCUT2D eigenvalue weighted by Crippen LogP contribution is -2.16. The highest BCUT2D eigenvalue weighted by Gasteiger charge is 2.19. The van der Waals surface area contributed by atoms with Crippen LogP contribution in [0.2, 0.25) is 0 Å². The van der Waals surface area contributed by atoms with Gasteiger partial charge in [-0.15, -0.1) is 10.2 Å². The molecule has 1 amide bonds. The van der Waals surface area contributed by atoms with Gasteiger partial charge in [0.05, 0.1) is 17.9 Å². The van der Waals surface area contributed by atoms with Crippen molar-refractivity contribution in [2.75, 3.05) is 11.9 Å². The van der Waals surface area contributed by atoms with Crippen LogP contribution in [0.15, 0.2) is 59.0 Å². The maximum absolute atomic E-state index is 12.4. The van der Waals surface area contributed by atoms with Crippen molar-refractivity contribution < 1.29 is 18.7 Å². The first-order chi connectivity index (χ1) is 13.2. The molecule has 0 aliphatic heterocycles. The Bertz CT molecular complexity index is 922. The highest BCUT2D eigenvalue weighted by atomic mass is 16.5. The molecule has 0 bridgehead atoms. The predicted molar refractivity (Wildman–Crippen MR) is 98.5 cm³/mol. The molecule has 0 fully saturated rings. The molecule has 0 unspecified atom stereocenters. The Morgan fingerprint density at radius 2 is 1.74 bits per heavy atom. The number of aryl methyl sites for hydroxylation is 2. The van der Waals surface area contributed by atoms with E-state index >= 15 is 0 Å². The minimum absolute atomic E-state index is 0.156. The number of nitrogens with zero attached hydrogens (tertiary/aromatic N) is 2. The molecule has 0 aliphatic carbocycles. The highest BCUT2D eigenvalue weighted by molar-refractivity contribution is 6.05. The zero-order chi connectivity index (χ0) is 19.1. The Hall–Kier alpha value is -3.48. The minimum atomic E-state index is -0.579. The van der Waals surface area contributed by atoms with Gasteiger partial charge >= 0.3 is 17.8 Å². The highest BCUT2D eigenvalue weighted by Crippen LogP contribution is 2.17. The summed E-state index contributed by atoms with van der Waals surface area (Å²) in [6.45, 7) is 1.96. The molecule has 1 aromatic heterocycles. The standard InChI is InChI=1S/C20H19N3O4/c1-2-26-20(25)15-10-6-7-11-16(15)21-18(24)19-23-22-17(27-19)13-12-14-8-4-3-5-9-14/h3-11H,2,12-13H2,1H3,(H,21,24). The normalized spacial score (nSPS) is 10.4. The van der Waals surface area contributed by atoms with Crippen LogP contribution >= 0.6 is 0 Å². The van der Waals surface area contributed by atoms with Gasteiger partial charge in [-0.2, -0.15) is 0 Å². The molecule has 1 N–H and O–H groups in total. The summed E-state index contributed by atoms with van der Waals surface area (Å²) in [5, 5.41) is 10.3. The first-order valence-corrected chi connectivity index (χ1v) is 8.61. The van der Waals surface area contributed by atoms with Gasteiger partial charge < -0.3 is 14.5 Å². The first-order valence-electron chi connectivity index (χ1n) is 8.61. The van der Waals surface area contributed by atoms with Gasteiger partial charge in [-0.1, -0.05) is 42.5 Å². The Morgan fingerprint density at radius 3 is 2.52 bits per heavy atom. The van der Waals surface area contributed by atoms with Crippen molar-refractivity contribution in [1.82, 2.24) is 10.2 Å². The van der Waals surface area contributed by atoms with E-state index in [4.69, 9.17) is 9.15 Å². The van der Waals surface area contributed by atoms with Crippen LogP contribution < -0.4 is 5.32 Å². The average Bonchev–Trinajstić information content (AvgIpc) is 3.17. The molecule has 0 spiro atoms. The van der Waals surface area contributed by atoms with Crippen molar-refractivity contribution in [2.45, 2.75) is 19.8 Å². The van der Waals surface area contributed by atoms with E-state index in [1.807, 2.05) is 30.3 Å². The van der Waals surface area contributed by atoms with Crippen molar-refractivity contribution in [3.63, 3.8) is 0 Å². The number of nitrogens with one attached hydrogen (secondary N) is 1. The monoisotopic (exact) mass is 365 g/mol. The summed E-state index contributed by atoms with van der Waals surface area (Å²) in [7, 11) is 0. The third-order valence-electron chi connectivity index (χ3n) is 3.80. The summed E-state index contributed by atoms with van der Waals surface area (Å²) in [5.41, 5.74) is 1.73. The summed E-state index contributed by atoms with van der Waals surface area (Å²) in [5.74, 6) is -0.868. The average molecular weight is 365 g/mol. The Kier molecular flexibility index (Phi) is 5.94. The van der Waals surface area contributed by atoms with Crippen LogP contribution in [0.4, 0.5) is 5.69 Å². The summed E-state index contributed by atoms with van der Waals surface area (Å²) < 4.78 is 10.4. The number of hydrogen-bond acceptors (Lipinski definition) is 6. The molecule has 27 heavy (non-hydrogen) atoms. The smallest absolute Gasteiger partial charge is 0.340 e. The maximum atomic E-state index is 12.4. The van der Waals surface area contributed by atoms with Crippen LogP contribution in [0.25, 0.3) is 0 Å². The summed E-state index contributed by atoms with van der Waals surface area (Å²) in [6, 6.07) is 16.5. The summed E-state index contributed by atoms with van der Waals surface area (Å²) >= 11 is 0. The fourth-order valence-electron chi connectivity index (χ4n) is 2.50. The fourth-order valence-corrected chi connectivity index (χ4v) is 2.50. The molecule has 3 rings (SSSR count). The number of aromatic nitrogens is 2. The second-order valence-electron chi connectivity index (χ2n) is 5.71. The van der Waals surface area contributed by atoms with E-state index in [0.717, 1.165) is 12.0 Å². The van der Waals surface area contributed by atoms with Crippen LogP contribution in [0.1, 0.15) is 39.4 Å². The van der Waals surface area contributed by atoms with Gasteiger partial charge in [-0.05, 0) is 31.0 Å². The molecule has 3 aromatic rings. The van der Waals surface area contributed by atoms with Gasteiger partial charge in [0.25, 0.3) is 0 Å². The van der Waals surface area contributed by atoms with Crippen molar-refractivity contribution >= 4 is 17.6 Å². The van der Waals surface area contributed by atoms with Gasteiger partial charge in [-0.25, -0.2) is 4.79 Å². The number of ether oxygens (including phenoxy) is 1. The van der Waals surface area contributed by atoms with E-state index in [1.54, 1.807) is 31.2 Å². The molecule has 0 radical (unpaired) electrons. The number of esters is 1. The molecule has 138 valence electrons. The SMILES string of the molecule is CCOC(=O)c1ccccc1NC(=O)c1nnc(CCc2ccccc2)o1. The van der Waals surface area contributed by atoms with Crippen molar-refractivity contribution in [2.24, 2.45) is 0 Å². The number of para-hydroxylation sites is 1. The van der Waals surface area contributed by atoms with E-state index in [1.165, 1.54) is 0 Å². The maximum Gasteiger partial charge on any atom is 0.340 e. The zero-order valence-corrected chi connectivity index (χ0v) is 14.8. The Labute approximate surface area is 156 Å². The molecule has 0 atom stereocenters. The van der Waals surface area contributed by atoms with Crippen molar-refractivity contribution in [1.29, 1.82) is 0 Å². The minimum Gasteiger partial charge on any atom is -0.462 e. The quantitative estimate of drug-likeness (QED) is 0.646. The van der Waals surface area contributed by atoms with Gasteiger partial charge in [0.1, 0.15) is 0 Å². The molecule has 7 nitrogen and oxygen atoms in total. The number of carbonyl (C=O) groups is 2. The Balaban J connectivity index is 1.66. The lowest BCUT2D eigenvalue weighted by atomic mass is 10.1. The van der Waals surface area contributed by atoms with Crippen LogP contribution in [-0.2, 0) is 17.6 Å². The van der Waals surface area contributed by atoms with E-state index < -0.39 is 11.9 Å². The van der Waals surface area contributed by atoms with Crippen molar-refractivity contribution in [3.8, 4) is 0 Å². The molecule has 0 saturated heterocycles. The molecule has 7 heteroatoms. The second kappa shape index (κ2) is 8.75. The number of rotatable bonds is 7. The van der Waals surface area contributed by atoms with E-state index in [0.29, 0.717) is 18.0 Å². The van der Waals surface area contributed by atoms with Gasteiger partial charge in [0.15, 0.2) is 0 Å². The summed E-state index contributed by atoms with van der Waals surface area (Å²) in [6.07, 6.45) is 1.26. The first kappa shape index (κ1) is 18.3. The molecule has 1 heterocycles. The zero-order valence-electron chi connectivity index (χ0n) is 14.8. The predicted octanol–water partition coefficient (Wildman–Crippen LogP) is 3.28. The molecule has 0 saturated carbocycles. The van der Waals surface area contributed by atoms with E-state index in [2.05, 4.69) is 15.5 Å². The van der Waals surface area contributed by atoms with Crippen LogP contribution in [-0.4, -0.2) is 28.7 Å². The number of amides is 1. The van der Waals surface area contributed by atoms with Gasteiger partial charge in [0.2, 0.25) is 5.89 Å².